The van der Waals surface area contributed by atoms with E-state index in [-0.39, 0.29) is 11.4 Å². The molecule has 2 aromatic carbocycles. The highest BCUT2D eigenvalue weighted by atomic mass is 32.2. The van der Waals surface area contributed by atoms with Gasteiger partial charge in [0, 0.05) is 6.07 Å². The first-order chi connectivity index (χ1) is 12.6. The van der Waals surface area contributed by atoms with Gasteiger partial charge in [-0.05, 0) is 43.3 Å². The predicted molar refractivity (Wildman–Crippen MR) is 99.8 cm³/mol. The Bertz CT molecular complexity index is 877. The van der Waals surface area contributed by atoms with E-state index < -0.39 is 10.0 Å². The fraction of sp³-hybridized carbons (Fsp3) is 0.263. The first kappa shape index (κ1) is 18.1. The number of hydrogen-bond acceptors (Lipinski definition) is 5. The van der Waals surface area contributed by atoms with Gasteiger partial charge in [-0.3, -0.25) is 4.31 Å². The second-order valence-corrected chi connectivity index (χ2v) is 7.42. The third kappa shape index (κ3) is 3.62. The lowest BCUT2D eigenvalue weighted by molar-refractivity contribution is 0.171. The standard InChI is InChI=1S/C19H21NO5S/c1-3-11-20(15-5-7-16(8-6-15)23-4-2)26(21,22)17-9-10-18-19(14-17)25-13-12-24-18/h3,5-10,14H,1,4,11-13H2,2H3. The van der Waals surface area contributed by atoms with Gasteiger partial charge < -0.3 is 14.2 Å². The lowest BCUT2D eigenvalue weighted by atomic mass is 10.3. The molecule has 0 aromatic heterocycles. The molecule has 0 fully saturated rings. The van der Waals surface area contributed by atoms with Gasteiger partial charge in [-0.1, -0.05) is 6.08 Å². The van der Waals surface area contributed by atoms with E-state index in [0.29, 0.717) is 42.8 Å². The Morgan fingerprint density at radius 1 is 1.12 bits per heavy atom. The van der Waals surface area contributed by atoms with Gasteiger partial charge in [-0.25, -0.2) is 8.42 Å². The summed E-state index contributed by atoms with van der Waals surface area (Å²) in [5, 5.41) is 0. The number of nitrogens with zero attached hydrogens (tertiary/aromatic N) is 1. The SMILES string of the molecule is C=CCN(c1ccc(OCC)cc1)S(=O)(=O)c1ccc2c(c1)OCCO2. The van der Waals surface area contributed by atoms with E-state index >= 15 is 0 Å². The summed E-state index contributed by atoms with van der Waals surface area (Å²) in [7, 11) is -3.79. The van der Waals surface area contributed by atoms with Crippen molar-refractivity contribution in [3.05, 3.63) is 55.1 Å². The molecule has 1 heterocycles. The van der Waals surface area contributed by atoms with Crippen LogP contribution in [-0.4, -0.2) is 34.8 Å². The minimum absolute atomic E-state index is 0.137. The molecule has 0 radical (unpaired) electrons. The third-order valence-electron chi connectivity index (χ3n) is 3.83. The van der Waals surface area contributed by atoms with Crippen molar-refractivity contribution in [3.63, 3.8) is 0 Å². The van der Waals surface area contributed by atoms with Gasteiger partial charge in [0.15, 0.2) is 11.5 Å². The minimum Gasteiger partial charge on any atom is -0.494 e. The maximum atomic E-state index is 13.2. The molecule has 1 aliphatic rings. The molecular weight excluding hydrogens is 354 g/mol. The highest BCUT2D eigenvalue weighted by Gasteiger charge is 2.26. The number of hydrogen-bond donors (Lipinski definition) is 0. The van der Waals surface area contributed by atoms with Gasteiger partial charge in [0.25, 0.3) is 10.0 Å². The number of anilines is 1. The number of ether oxygens (including phenoxy) is 3. The van der Waals surface area contributed by atoms with Gasteiger partial charge in [-0.15, -0.1) is 6.58 Å². The quantitative estimate of drug-likeness (QED) is 0.695. The Balaban J connectivity index is 1.96. The average molecular weight is 375 g/mol. The van der Waals surface area contributed by atoms with E-state index in [9.17, 15) is 8.42 Å². The highest BCUT2D eigenvalue weighted by Crippen LogP contribution is 2.34. The Hall–Kier alpha value is -2.67. The highest BCUT2D eigenvalue weighted by molar-refractivity contribution is 7.92. The molecule has 0 bridgehead atoms. The first-order valence-corrected chi connectivity index (χ1v) is 9.76. The summed E-state index contributed by atoms with van der Waals surface area (Å²) < 4.78 is 44.0. The fourth-order valence-corrected chi connectivity index (χ4v) is 4.10. The van der Waals surface area contributed by atoms with Gasteiger partial charge in [0.2, 0.25) is 0 Å². The van der Waals surface area contributed by atoms with Crippen LogP contribution in [0.15, 0.2) is 60.0 Å². The molecule has 0 atom stereocenters. The van der Waals surface area contributed by atoms with Crippen LogP contribution in [-0.2, 0) is 10.0 Å². The predicted octanol–water partition coefficient (Wildman–Crippen LogP) is 3.24. The van der Waals surface area contributed by atoms with Crippen molar-refractivity contribution in [2.75, 3.05) is 30.7 Å². The molecule has 0 saturated carbocycles. The molecule has 0 N–H and O–H groups in total. The van der Waals surface area contributed by atoms with Gasteiger partial charge in [0.05, 0.1) is 23.7 Å². The lowest BCUT2D eigenvalue weighted by Crippen LogP contribution is -2.31. The number of benzene rings is 2. The fourth-order valence-electron chi connectivity index (χ4n) is 2.65. The van der Waals surface area contributed by atoms with Crippen LogP contribution in [0.5, 0.6) is 17.2 Å². The zero-order valence-electron chi connectivity index (χ0n) is 14.6. The molecule has 0 spiro atoms. The van der Waals surface area contributed by atoms with Gasteiger partial charge in [-0.2, -0.15) is 0 Å². The largest absolute Gasteiger partial charge is 0.494 e. The molecule has 3 rings (SSSR count). The molecule has 0 unspecified atom stereocenters. The minimum atomic E-state index is -3.79. The van der Waals surface area contributed by atoms with Crippen molar-refractivity contribution >= 4 is 15.7 Å². The number of fused-ring (bicyclic) bond motifs is 1. The Kier molecular flexibility index (Phi) is 5.37. The zero-order chi connectivity index (χ0) is 18.6. The average Bonchev–Trinajstić information content (AvgIpc) is 2.66. The maximum absolute atomic E-state index is 13.2. The van der Waals surface area contributed by atoms with Crippen LogP contribution in [0, 0.1) is 0 Å². The monoisotopic (exact) mass is 375 g/mol. The van der Waals surface area contributed by atoms with E-state index in [1.54, 1.807) is 36.4 Å². The molecular formula is C19H21NO5S. The normalized spacial score (nSPS) is 13.1. The first-order valence-electron chi connectivity index (χ1n) is 8.32. The van der Waals surface area contributed by atoms with Crippen LogP contribution >= 0.6 is 0 Å². The van der Waals surface area contributed by atoms with Gasteiger partial charge in [0.1, 0.15) is 19.0 Å². The molecule has 138 valence electrons. The number of sulfonamides is 1. The van der Waals surface area contributed by atoms with Crippen LogP contribution < -0.4 is 18.5 Å². The zero-order valence-corrected chi connectivity index (χ0v) is 15.4. The summed E-state index contributed by atoms with van der Waals surface area (Å²) >= 11 is 0. The van der Waals surface area contributed by atoms with E-state index in [4.69, 9.17) is 14.2 Å². The van der Waals surface area contributed by atoms with Crippen LogP contribution in [0.4, 0.5) is 5.69 Å². The second-order valence-electron chi connectivity index (χ2n) is 5.56. The Morgan fingerprint density at radius 2 is 1.81 bits per heavy atom. The van der Waals surface area contributed by atoms with E-state index in [1.807, 2.05) is 6.92 Å². The summed E-state index contributed by atoms with van der Waals surface area (Å²) in [6.07, 6.45) is 1.55. The van der Waals surface area contributed by atoms with Crippen LogP contribution in [0.2, 0.25) is 0 Å². The summed E-state index contributed by atoms with van der Waals surface area (Å²) in [5.41, 5.74) is 0.531. The molecule has 26 heavy (non-hydrogen) atoms. The Labute approximate surface area is 153 Å². The summed E-state index contributed by atoms with van der Waals surface area (Å²) in [4.78, 5) is 0.137. The van der Waals surface area contributed by atoms with E-state index in [0.717, 1.165) is 0 Å². The van der Waals surface area contributed by atoms with Crippen LogP contribution in [0.1, 0.15) is 6.92 Å². The maximum Gasteiger partial charge on any atom is 0.264 e. The molecule has 7 heteroatoms. The second kappa shape index (κ2) is 7.70. The molecule has 0 saturated heterocycles. The van der Waals surface area contributed by atoms with Crippen molar-refractivity contribution in [3.8, 4) is 17.2 Å². The lowest BCUT2D eigenvalue weighted by Gasteiger charge is -2.25. The number of rotatable bonds is 7. The van der Waals surface area contributed by atoms with Crippen molar-refractivity contribution in [1.29, 1.82) is 0 Å². The molecule has 0 amide bonds. The summed E-state index contributed by atoms with van der Waals surface area (Å²) in [6.45, 7) is 7.11. The van der Waals surface area contributed by atoms with E-state index in [2.05, 4.69) is 6.58 Å². The third-order valence-corrected chi connectivity index (χ3v) is 5.62. The topological polar surface area (TPSA) is 65.1 Å². The smallest absolute Gasteiger partial charge is 0.264 e. The van der Waals surface area contributed by atoms with Crippen molar-refractivity contribution in [1.82, 2.24) is 0 Å². The summed E-state index contributed by atoms with van der Waals surface area (Å²) in [5.74, 6) is 1.67. The van der Waals surface area contributed by atoms with E-state index in [1.165, 1.54) is 16.4 Å². The van der Waals surface area contributed by atoms with Crippen LogP contribution in [0.3, 0.4) is 0 Å². The Morgan fingerprint density at radius 3 is 2.46 bits per heavy atom. The molecule has 1 aliphatic heterocycles. The summed E-state index contributed by atoms with van der Waals surface area (Å²) in [6, 6.07) is 11.5. The molecule has 6 nitrogen and oxygen atoms in total. The van der Waals surface area contributed by atoms with Crippen molar-refractivity contribution < 1.29 is 22.6 Å². The van der Waals surface area contributed by atoms with Crippen molar-refractivity contribution in [2.45, 2.75) is 11.8 Å². The van der Waals surface area contributed by atoms with Gasteiger partial charge >= 0.3 is 0 Å². The van der Waals surface area contributed by atoms with Crippen molar-refractivity contribution in [2.24, 2.45) is 0 Å². The van der Waals surface area contributed by atoms with Crippen LogP contribution in [0.25, 0.3) is 0 Å². The molecule has 2 aromatic rings. The molecule has 0 aliphatic carbocycles.